The number of thioether (sulfide) groups is 1. The Bertz CT molecular complexity index is 264. The van der Waals surface area contributed by atoms with Gasteiger partial charge in [0.15, 0.2) is 0 Å². The lowest BCUT2D eigenvalue weighted by Gasteiger charge is -2.25. The Labute approximate surface area is 108 Å². The molecule has 0 fully saturated rings. The van der Waals surface area contributed by atoms with Crippen molar-refractivity contribution >= 4 is 23.6 Å². The number of nitrogens with zero attached hydrogens (tertiary/aromatic N) is 1. The fourth-order valence-electron chi connectivity index (χ4n) is 1.57. The van der Waals surface area contributed by atoms with E-state index in [0.29, 0.717) is 13.1 Å². The Morgan fingerprint density at radius 3 is 1.94 bits per heavy atom. The van der Waals surface area contributed by atoms with Gasteiger partial charge >= 0.3 is 5.97 Å². The van der Waals surface area contributed by atoms with Gasteiger partial charge in [0.25, 0.3) is 0 Å². The zero-order valence-corrected chi connectivity index (χ0v) is 12.1. The highest BCUT2D eigenvalue weighted by molar-refractivity contribution is 8.01. The third-order valence-electron chi connectivity index (χ3n) is 2.62. The van der Waals surface area contributed by atoms with Gasteiger partial charge in [0, 0.05) is 13.1 Å². The summed E-state index contributed by atoms with van der Waals surface area (Å²) in [6.45, 7) is 10.7. The lowest BCUT2D eigenvalue weighted by molar-refractivity contribution is -0.137. The first kappa shape index (κ1) is 16.3. The van der Waals surface area contributed by atoms with Crippen LogP contribution in [0.3, 0.4) is 0 Å². The van der Waals surface area contributed by atoms with E-state index in [4.69, 9.17) is 5.11 Å². The topological polar surface area (TPSA) is 57.6 Å². The molecule has 1 amide bonds. The molecule has 4 nitrogen and oxygen atoms in total. The second kappa shape index (κ2) is 7.58. The van der Waals surface area contributed by atoms with Gasteiger partial charge in [-0.2, -0.15) is 0 Å². The van der Waals surface area contributed by atoms with E-state index in [1.54, 1.807) is 11.8 Å². The summed E-state index contributed by atoms with van der Waals surface area (Å²) in [5, 5.41) is 8.25. The van der Waals surface area contributed by atoms with E-state index in [2.05, 4.69) is 0 Å². The van der Waals surface area contributed by atoms with Gasteiger partial charge in [-0.15, -0.1) is 11.8 Å². The number of rotatable bonds is 7. The molecule has 0 saturated carbocycles. The average molecular weight is 261 g/mol. The van der Waals surface area contributed by atoms with Crippen molar-refractivity contribution in [1.82, 2.24) is 4.90 Å². The van der Waals surface area contributed by atoms with E-state index in [-0.39, 0.29) is 17.1 Å². The molecule has 2 atom stereocenters. The number of amides is 1. The van der Waals surface area contributed by atoms with Gasteiger partial charge in [0.2, 0.25) is 5.91 Å². The van der Waals surface area contributed by atoms with Crippen LogP contribution in [-0.4, -0.2) is 45.5 Å². The summed E-state index contributed by atoms with van der Waals surface area (Å²) < 4.78 is 0. The predicted molar refractivity (Wildman–Crippen MR) is 71.2 cm³/mol. The molecule has 0 aliphatic heterocycles. The molecule has 0 heterocycles. The number of hydrogen-bond donors (Lipinski definition) is 1. The average Bonchev–Trinajstić information content (AvgIpc) is 2.25. The van der Waals surface area contributed by atoms with Crippen LogP contribution in [0.2, 0.25) is 0 Å². The maximum atomic E-state index is 12.0. The number of carbonyl (C=O) groups excluding carboxylic acids is 1. The summed E-state index contributed by atoms with van der Waals surface area (Å²) in [4.78, 5) is 24.8. The molecule has 5 heteroatoms. The van der Waals surface area contributed by atoms with Crippen LogP contribution in [0, 0.1) is 5.92 Å². The van der Waals surface area contributed by atoms with Crippen LogP contribution in [0.1, 0.15) is 34.6 Å². The zero-order chi connectivity index (χ0) is 13.6. The summed E-state index contributed by atoms with van der Waals surface area (Å²) >= 11 is 1.24. The largest absolute Gasteiger partial charge is 0.480 e. The molecule has 0 spiro atoms. The molecule has 0 saturated heterocycles. The van der Waals surface area contributed by atoms with Gasteiger partial charge < -0.3 is 10.0 Å². The molecule has 0 rings (SSSR count). The maximum absolute atomic E-state index is 12.0. The molecule has 0 aromatic rings. The first-order chi connectivity index (χ1) is 7.84. The standard InChI is InChI=1S/C12H23NO3S/c1-6-13(7-2)11(14)9(5)17-10(8(3)4)12(15)16/h8-10H,6-7H2,1-5H3,(H,15,16). The minimum Gasteiger partial charge on any atom is -0.480 e. The molecule has 0 bridgehead atoms. The van der Waals surface area contributed by atoms with Gasteiger partial charge in [0.05, 0.1) is 5.25 Å². The number of hydrogen-bond acceptors (Lipinski definition) is 3. The quantitative estimate of drug-likeness (QED) is 0.762. The molecule has 0 aromatic heterocycles. The molecule has 0 radical (unpaired) electrons. The maximum Gasteiger partial charge on any atom is 0.316 e. The van der Waals surface area contributed by atoms with E-state index >= 15 is 0 Å². The number of carbonyl (C=O) groups is 2. The molecule has 100 valence electrons. The van der Waals surface area contributed by atoms with E-state index in [0.717, 1.165) is 0 Å². The molecule has 17 heavy (non-hydrogen) atoms. The van der Waals surface area contributed by atoms with Crippen molar-refractivity contribution in [1.29, 1.82) is 0 Å². The summed E-state index contributed by atoms with van der Waals surface area (Å²) in [5.41, 5.74) is 0. The molecule has 0 aliphatic rings. The van der Waals surface area contributed by atoms with Gasteiger partial charge in [-0.1, -0.05) is 13.8 Å². The normalized spacial score (nSPS) is 14.5. The van der Waals surface area contributed by atoms with Crippen LogP contribution in [0.25, 0.3) is 0 Å². The van der Waals surface area contributed by atoms with Crippen molar-refractivity contribution in [3.05, 3.63) is 0 Å². The fraction of sp³-hybridized carbons (Fsp3) is 0.833. The number of carboxylic acid groups (broad SMARTS) is 1. The van der Waals surface area contributed by atoms with Crippen molar-refractivity contribution in [2.24, 2.45) is 5.92 Å². The first-order valence-electron chi connectivity index (χ1n) is 6.02. The van der Waals surface area contributed by atoms with Gasteiger partial charge in [-0.05, 0) is 26.7 Å². The highest BCUT2D eigenvalue weighted by atomic mass is 32.2. The molecule has 0 aromatic carbocycles. The van der Waals surface area contributed by atoms with E-state index in [9.17, 15) is 9.59 Å². The summed E-state index contributed by atoms with van der Waals surface area (Å²) in [7, 11) is 0. The van der Waals surface area contributed by atoms with Crippen LogP contribution in [0.5, 0.6) is 0 Å². The van der Waals surface area contributed by atoms with Gasteiger partial charge in [-0.25, -0.2) is 0 Å². The lowest BCUT2D eigenvalue weighted by atomic mass is 10.1. The fourth-order valence-corrected chi connectivity index (χ4v) is 2.71. The van der Waals surface area contributed by atoms with Crippen LogP contribution < -0.4 is 0 Å². The second-order valence-electron chi connectivity index (χ2n) is 4.29. The minimum absolute atomic E-state index is 0.0180. The number of carboxylic acids is 1. The summed E-state index contributed by atoms with van der Waals surface area (Å²) in [6, 6.07) is 0. The minimum atomic E-state index is -0.843. The Hall–Kier alpha value is -0.710. The third-order valence-corrected chi connectivity index (χ3v) is 4.27. The van der Waals surface area contributed by atoms with Crippen LogP contribution in [0.15, 0.2) is 0 Å². The third kappa shape index (κ3) is 4.98. The smallest absolute Gasteiger partial charge is 0.316 e. The molecule has 0 aliphatic carbocycles. The lowest BCUT2D eigenvalue weighted by Crippen LogP contribution is -2.38. The van der Waals surface area contributed by atoms with E-state index in [1.807, 2.05) is 27.7 Å². The van der Waals surface area contributed by atoms with E-state index in [1.165, 1.54) is 11.8 Å². The highest BCUT2D eigenvalue weighted by Gasteiger charge is 2.28. The van der Waals surface area contributed by atoms with Crippen molar-refractivity contribution in [2.45, 2.75) is 45.1 Å². The molecule has 2 unspecified atom stereocenters. The van der Waals surface area contributed by atoms with Crippen LogP contribution in [0.4, 0.5) is 0 Å². The van der Waals surface area contributed by atoms with E-state index < -0.39 is 11.2 Å². The summed E-state index contributed by atoms with van der Waals surface area (Å²) in [6.07, 6.45) is 0. The Morgan fingerprint density at radius 1 is 1.18 bits per heavy atom. The Balaban J connectivity index is 4.55. The Kier molecular flexibility index (Phi) is 7.27. The van der Waals surface area contributed by atoms with Gasteiger partial charge in [-0.3, -0.25) is 9.59 Å². The zero-order valence-electron chi connectivity index (χ0n) is 11.3. The molecule has 1 N–H and O–H groups in total. The first-order valence-corrected chi connectivity index (χ1v) is 6.96. The van der Waals surface area contributed by atoms with Gasteiger partial charge in [0.1, 0.15) is 5.25 Å². The second-order valence-corrected chi connectivity index (χ2v) is 5.78. The predicted octanol–water partition coefficient (Wildman–Crippen LogP) is 2.09. The molecular weight excluding hydrogens is 238 g/mol. The molecular formula is C12H23NO3S. The van der Waals surface area contributed by atoms with Crippen molar-refractivity contribution in [2.75, 3.05) is 13.1 Å². The van der Waals surface area contributed by atoms with Crippen LogP contribution in [-0.2, 0) is 9.59 Å². The number of aliphatic carboxylic acids is 1. The van der Waals surface area contributed by atoms with Crippen LogP contribution >= 0.6 is 11.8 Å². The Morgan fingerprint density at radius 2 is 1.65 bits per heavy atom. The monoisotopic (exact) mass is 261 g/mol. The summed E-state index contributed by atoms with van der Waals surface area (Å²) in [5.74, 6) is -0.805. The highest BCUT2D eigenvalue weighted by Crippen LogP contribution is 2.25. The van der Waals surface area contributed by atoms with Crippen molar-refractivity contribution in [3.8, 4) is 0 Å². The van der Waals surface area contributed by atoms with Crippen molar-refractivity contribution < 1.29 is 14.7 Å². The SMILES string of the molecule is CCN(CC)C(=O)C(C)SC(C(=O)O)C(C)C. The van der Waals surface area contributed by atoms with Crippen molar-refractivity contribution in [3.63, 3.8) is 0 Å².